The van der Waals surface area contributed by atoms with Gasteiger partial charge in [0.25, 0.3) is 0 Å². The van der Waals surface area contributed by atoms with E-state index >= 15 is 0 Å². The molecule has 92 valence electrons. The van der Waals surface area contributed by atoms with Crippen LogP contribution in [0.2, 0.25) is 0 Å². The molecule has 0 bridgehead atoms. The van der Waals surface area contributed by atoms with Gasteiger partial charge in [-0.2, -0.15) is 0 Å². The Morgan fingerprint density at radius 1 is 1.29 bits per heavy atom. The van der Waals surface area contributed by atoms with Gasteiger partial charge in [0.05, 0.1) is 19.3 Å². The maximum absolute atomic E-state index is 9.26. The quantitative estimate of drug-likeness (QED) is 0.861. The van der Waals surface area contributed by atoms with E-state index in [2.05, 4.69) is 16.7 Å². The number of ether oxygens (including phenoxy) is 1. The van der Waals surface area contributed by atoms with E-state index in [0.717, 1.165) is 23.0 Å². The average molecular weight is 233 g/mol. The molecule has 0 radical (unpaired) electrons. The molecule has 1 N–H and O–H groups in total. The third kappa shape index (κ3) is 2.68. The van der Waals surface area contributed by atoms with Gasteiger partial charge in [-0.15, -0.1) is 0 Å². The van der Waals surface area contributed by atoms with E-state index in [1.54, 1.807) is 0 Å². The van der Waals surface area contributed by atoms with Crippen molar-refractivity contribution >= 4 is 10.9 Å². The van der Waals surface area contributed by atoms with Crippen LogP contribution in [0.15, 0.2) is 30.5 Å². The zero-order valence-corrected chi connectivity index (χ0v) is 10.4. The van der Waals surface area contributed by atoms with E-state index in [9.17, 15) is 5.11 Å². The van der Waals surface area contributed by atoms with Crippen LogP contribution >= 0.6 is 0 Å². The summed E-state index contributed by atoms with van der Waals surface area (Å²) >= 11 is 0. The molecule has 0 atom stereocenters. The van der Waals surface area contributed by atoms with Crippen LogP contribution in [0.3, 0.4) is 0 Å². The van der Waals surface area contributed by atoms with Crippen molar-refractivity contribution in [3.05, 3.63) is 36.0 Å². The second-order valence-corrected chi connectivity index (χ2v) is 4.44. The van der Waals surface area contributed by atoms with Crippen molar-refractivity contribution in [2.45, 2.75) is 33.1 Å². The van der Waals surface area contributed by atoms with Gasteiger partial charge in [-0.1, -0.05) is 12.1 Å². The third-order valence-electron chi connectivity index (χ3n) is 2.86. The van der Waals surface area contributed by atoms with Crippen molar-refractivity contribution in [2.75, 3.05) is 6.61 Å². The average Bonchev–Trinajstić information content (AvgIpc) is 2.72. The Kier molecular flexibility index (Phi) is 3.82. The number of aliphatic hydroxyl groups is 1. The van der Waals surface area contributed by atoms with Gasteiger partial charge in [0, 0.05) is 23.6 Å². The summed E-state index contributed by atoms with van der Waals surface area (Å²) in [6.45, 7) is 5.72. The van der Waals surface area contributed by atoms with Crippen LogP contribution in [-0.2, 0) is 17.9 Å². The van der Waals surface area contributed by atoms with Gasteiger partial charge in [-0.25, -0.2) is 0 Å². The van der Waals surface area contributed by atoms with E-state index in [1.807, 2.05) is 32.2 Å². The Balaban J connectivity index is 2.18. The van der Waals surface area contributed by atoms with Crippen molar-refractivity contribution in [1.82, 2.24) is 4.57 Å². The summed E-state index contributed by atoms with van der Waals surface area (Å²) in [6.07, 6.45) is 2.32. The zero-order chi connectivity index (χ0) is 12.3. The van der Waals surface area contributed by atoms with Gasteiger partial charge < -0.3 is 14.4 Å². The molecule has 0 aliphatic rings. The van der Waals surface area contributed by atoms with E-state index in [1.165, 1.54) is 0 Å². The monoisotopic (exact) mass is 233 g/mol. The predicted molar refractivity (Wildman–Crippen MR) is 68.9 cm³/mol. The van der Waals surface area contributed by atoms with Gasteiger partial charge >= 0.3 is 0 Å². The molecule has 0 unspecified atom stereocenters. The van der Waals surface area contributed by atoms with Crippen LogP contribution in [0.25, 0.3) is 10.9 Å². The van der Waals surface area contributed by atoms with Crippen molar-refractivity contribution in [3.8, 4) is 0 Å². The van der Waals surface area contributed by atoms with Crippen molar-refractivity contribution < 1.29 is 9.84 Å². The maximum Gasteiger partial charge on any atom is 0.0688 e. The first kappa shape index (κ1) is 12.1. The minimum Gasteiger partial charge on any atom is -0.392 e. The van der Waals surface area contributed by atoms with Gasteiger partial charge in [0.1, 0.15) is 0 Å². The Hall–Kier alpha value is -1.32. The number of hydrogen-bond donors (Lipinski definition) is 1. The molecular formula is C14H19NO2. The Morgan fingerprint density at radius 3 is 2.82 bits per heavy atom. The van der Waals surface area contributed by atoms with Crippen LogP contribution < -0.4 is 0 Å². The molecule has 1 heterocycles. The van der Waals surface area contributed by atoms with Crippen molar-refractivity contribution in [1.29, 1.82) is 0 Å². The molecule has 17 heavy (non-hydrogen) atoms. The first-order valence-electron chi connectivity index (χ1n) is 6.01. The summed E-state index contributed by atoms with van der Waals surface area (Å²) < 4.78 is 7.71. The highest BCUT2D eigenvalue weighted by Crippen LogP contribution is 2.20. The number of fused-ring (bicyclic) bond motifs is 1. The lowest BCUT2D eigenvalue weighted by atomic mass is 10.1. The summed E-state index contributed by atoms with van der Waals surface area (Å²) in [7, 11) is 0. The molecule has 0 aliphatic carbocycles. The van der Waals surface area contributed by atoms with Gasteiger partial charge in [0.2, 0.25) is 0 Å². The third-order valence-corrected chi connectivity index (χ3v) is 2.86. The lowest BCUT2D eigenvalue weighted by Gasteiger charge is -2.09. The molecule has 1 aromatic carbocycles. The van der Waals surface area contributed by atoms with Crippen LogP contribution in [-0.4, -0.2) is 22.4 Å². The standard InChI is InChI=1S/C14H19NO2/c1-11(2)17-9-8-15-7-6-13-12(10-16)4-3-5-14(13)15/h3-7,11,16H,8-10H2,1-2H3. The summed E-state index contributed by atoms with van der Waals surface area (Å²) in [5.41, 5.74) is 2.13. The summed E-state index contributed by atoms with van der Waals surface area (Å²) in [5, 5.41) is 10.4. The number of aliphatic hydroxyl groups excluding tert-OH is 1. The molecule has 3 nitrogen and oxygen atoms in total. The normalized spacial score (nSPS) is 11.5. The van der Waals surface area contributed by atoms with E-state index in [0.29, 0.717) is 6.61 Å². The second-order valence-electron chi connectivity index (χ2n) is 4.44. The Bertz CT molecular complexity index is 488. The second kappa shape index (κ2) is 5.34. The predicted octanol–water partition coefficient (Wildman–Crippen LogP) is 2.56. The molecular weight excluding hydrogens is 214 g/mol. The molecule has 0 saturated carbocycles. The van der Waals surface area contributed by atoms with Gasteiger partial charge in [-0.3, -0.25) is 0 Å². The largest absolute Gasteiger partial charge is 0.392 e. The Labute approximate surface area is 102 Å². The van der Waals surface area contributed by atoms with Crippen LogP contribution in [0.1, 0.15) is 19.4 Å². The number of hydrogen-bond acceptors (Lipinski definition) is 2. The fourth-order valence-electron chi connectivity index (χ4n) is 2.01. The molecule has 2 rings (SSSR count). The summed E-state index contributed by atoms with van der Waals surface area (Å²) in [5.74, 6) is 0. The Morgan fingerprint density at radius 2 is 2.12 bits per heavy atom. The SMILES string of the molecule is CC(C)OCCn1ccc2c(CO)cccc21. The van der Waals surface area contributed by atoms with Crippen LogP contribution in [0.5, 0.6) is 0 Å². The van der Waals surface area contributed by atoms with Crippen LogP contribution in [0.4, 0.5) is 0 Å². The van der Waals surface area contributed by atoms with Crippen molar-refractivity contribution in [2.24, 2.45) is 0 Å². The first-order chi connectivity index (χ1) is 8.22. The van der Waals surface area contributed by atoms with Gasteiger partial charge in [-0.05, 0) is 31.5 Å². The minimum atomic E-state index is 0.0872. The molecule has 0 saturated heterocycles. The van der Waals surface area contributed by atoms with E-state index in [4.69, 9.17) is 4.74 Å². The smallest absolute Gasteiger partial charge is 0.0688 e. The van der Waals surface area contributed by atoms with E-state index < -0.39 is 0 Å². The summed E-state index contributed by atoms with van der Waals surface area (Å²) in [6, 6.07) is 8.06. The number of aromatic nitrogens is 1. The first-order valence-corrected chi connectivity index (χ1v) is 6.01. The molecule has 2 aromatic rings. The zero-order valence-electron chi connectivity index (χ0n) is 10.4. The molecule has 0 amide bonds. The molecule has 3 heteroatoms. The minimum absolute atomic E-state index is 0.0872. The van der Waals surface area contributed by atoms with E-state index in [-0.39, 0.29) is 12.7 Å². The molecule has 0 aliphatic heterocycles. The lowest BCUT2D eigenvalue weighted by Crippen LogP contribution is -2.09. The highest BCUT2D eigenvalue weighted by molar-refractivity contribution is 5.83. The number of benzene rings is 1. The highest BCUT2D eigenvalue weighted by atomic mass is 16.5. The molecule has 0 fully saturated rings. The lowest BCUT2D eigenvalue weighted by molar-refractivity contribution is 0.0733. The summed E-state index contributed by atoms with van der Waals surface area (Å²) in [4.78, 5) is 0. The number of rotatable bonds is 5. The molecule has 1 aromatic heterocycles. The fourth-order valence-corrected chi connectivity index (χ4v) is 2.01. The van der Waals surface area contributed by atoms with Crippen molar-refractivity contribution in [3.63, 3.8) is 0 Å². The fraction of sp³-hybridized carbons (Fsp3) is 0.429. The highest BCUT2D eigenvalue weighted by Gasteiger charge is 2.04. The topological polar surface area (TPSA) is 34.4 Å². The van der Waals surface area contributed by atoms with Crippen LogP contribution in [0, 0.1) is 0 Å². The number of nitrogens with zero attached hydrogens (tertiary/aromatic N) is 1. The molecule has 0 spiro atoms. The van der Waals surface area contributed by atoms with Gasteiger partial charge in [0.15, 0.2) is 0 Å². The maximum atomic E-state index is 9.26.